The van der Waals surface area contributed by atoms with Crippen LogP contribution in [-0.4, -0.2) is 35.5 Å². The number of rotatable bonds is 5. The van der Waals surface area contributed by atoms with Gasteiger partial charge in [-0.3, -0.25) is 0 Å². The molecule has 6 heteroatoms. The Hall–Kier alpha value is -0.953. The predicted molar refractivity (Wildman–Crippen MR) is 102 cm³/mol. The average Bonchev–Trinajstić information content (AvgIpc) is 3.01. The third kappa shape index (κ3) is 4.24. The van der Waals surface area contributed by atoms with Crippen molar-refractivity contribution < 1.29 is 17.9 Å². The minimum Gasteiger partial charge on any atom is -0.347 e. The van der Waals surface area contributed by atoms with E-state index < -0.39 is 23.7 Å². The topological polar surface area (TPSA) is 52.6 Å². The minimum atomic E-state index is -3.46. The fourth-order valence-corrected chi connectivity index (χ4v) is 6.58. The van der Waals surface area contributed by atoms with Gasteiger partial charge in [0.05, 0.1) is 18.1 Å². The highest BCUT2D eigenvalue weighted by atomic mass is 32.2. The first kappa shape index (κ1) is 18.8. The fraction of sp³-hybridized carbons (Fsp3) is 0.579. The highest BCUT2D eigenvalue weighted by Crippen LogP contribution is 2.44. The van der Waals surface area contributed by atoms with Gasteiger partial charge in [-0.1, -0.05) is 50.0 Å². The Balaban J connectivity index is 1.92. The van der Waals surface area contributed by atoms with Crippen LogP contribution in [0.3, 0.4) is 0 Å². The van der Waals surface area contributed by atoms with Crippen molar-refractivity contribution in [2.75, 3.05) is 13.2 Å². The molecular weight excluding hydrogens is 352 g/mol. The van der Waals surface area contributed by atoms with Gasteiger partial charge in [0, 0.05) is 25.8 Å². The van der Waals surface area contributed by atoms with Crippen LogP contribution in [-0.2, 0) is 19.3 Å². The van der Waals surface area contributed by atoms with Gasteiger partial charge in [-0.2, -0.15) is 0 Å². The number of benzene rings is 1. The molecule has 0 N–H and O–H groups in total. The van der Waals surface area contributed by atoms with Crippen LogP contribution in [0.2, 0.25) is 25.7 Å². The van der Waals surface area contributed by atoms with Crippen molar-refractivity contribution in [3.8, 4) is 0 Å². The van der Waals surface area contributed by atoms with Crippen molar-refractivity contribution in [1.82, 2.24) is 0 Å². The molecule has 1 aliphatic heterocycles. The van der Waals surface area contributed by atoms with Crippen molar-refractivity contribution in [2.24, 2.45) is 5.92 Å². The van der Waals surface area contributed by atoms with Gasteiger partial charge in [-0.25, -0.2) is 8.42 Å². The summed E-state index contributed by atoms with van der Waals surface area (Å²) in [5.41, 5.74) is 0. The van der Waals surface area contributed by atoms with E-state index in [1.54, 1.807) is 24.3 Å². The molecule has 25 heavy (non-hydrogen) atoms. The summed E-state index contributed by atoms with van der Waals surface area (Å²) in [6.07, 6.45) is 3.88. The van der Waals surface area contributed by atoms with Crippen molar-refractivity contribution >= 4 is 17.9 Å². The van der Waals surface area contributed by atoms with Crippen LogP contribution >= 0.6 is 0 Å². The largest absolute Gasteiger partial charge is 0.347 e. The molecule has 3 rings (SSSR count). The zero-order chi connectivity index (χ0) is 18.1. The maximum Gasteiger partial charge on any atom is 0.202 e. The quantitative estimate of drug-likeness (QED) is 0.718. The lowest BCUT2D eigenvalue weighted by molar-refractivity contribution is -0.168. The van der Waals surface area contributed by atoms with Crippen LogP contribution in [0.5, 0.6) is 0 Å². The zero-order valence-corrected chi connectivity index (χ0v) is 17.1. The molecule has 2 aliphatic rings. The maximum absolute atomic E-state index is 13.2. The first-order valence-electron chi connectivity index (χ1n) is 9.00. The second kappa shape index (κ2) is 6.99. The van der Waals surface area contributed by atoms with Gasteiger partial charge in [-0.05, 0) is 24.5 Å². The summed E-state index contributed by atoms with van der Waals surface area (Å²) in [6, 6.07) is 9.84. The molecule has 1 fully saturated rings. The van der Waals surface area contributed by atoms with E-state index in [0.717, 1.165) is 12.5 Å². The van der Waals surface area contributed by atoms with E-state index in [1.807, 2.05) is 12.1 Å². The molecule has 1 atom stereocenters. The van der Waals surface area contributed by atoms with Gasteiger partial charge >= 0.3 is 0 Å². The van der Waals surface area contributed by atoms with E-state index in [2.05, 4.69) is 19.6 Å². The van der Waals surface area contributed by atoms with E-state index in [1.165, 1.54) is 0 Å². The van der Waals surface area contributed by atoms with Crippen molar-refractivity contribution in [1.29, 1.82) is 0 Å². The lowest BCUT2D eigenvalue weighted by atomic mass is 9.88. The summed E-state index contributed by atoms with van der Waals surface area (Å²) in [5.74, 6) is -0.649. The predicted octanol–water partition coefficient (Wildman–Crippen LogP) is 4.23. The normalized spacial score (nSPS) is 23.6. The van der Waals surface area contributed by atoms with Gasteiger partial charge in [0.25, 0.3) is 0 Å². The number of hydrogen-bond acceptors (Lipinski definition) is 4. The summed E-state index contributed by atoms with van der Waals surface area (Å²) in [7, 11) is -4.72. The highest BCUT2D eigenvalue weighted by Gasteiger charge is 2.44. The highest BCUT2D eigenvalue weighted by molar-refractivity contribution is 7.95. The van der Waals surface area contributed by atoms with Crippen molar-refractivity contribution in [3.05, 3.63) is 41.3 Å². The Morgan fingerprint density at radius 1 is 1.12 bits per heavy atom. The first-order chi connectivity index (χ1) is 11.7. The van der Waals surface area contributed by atoms with Crippen LogP contribution < -0.4 is 0 Å². The van der Waals surface area contributed by atoms with E-state index in [0.29, 0.717) is 35.9 Å². The molecule has 0 bridgehead atoms. The van der Waals surface area contributed by atoms with Crippen molar-refractivity contribution in [3.63, 3.8) is 0 Å². The molecule has 1 aromatic carbocycles. The van der Waals surface area contributed by atoms with Gasteiger partial charge in [0.1, 0.15) is 0 Å². The Labute approximate surface area is 152 Å². The number of ether oxygens (including phenoxy) is 2. The molecule has 0 aromatic heterocycles. The minimum absolute atomic E-state index is 0.0382. The maximum atomic E-state index is 13.2. The van der Waals surface area contributed by atoms with E-state index in [-0.39, 0.29) is 5.92 Å². The van der Waals surface area contributed by atoms with Crippen molar-refractivity contribution in [2.45, 2.75) is 55.6 Å². The Kier molecular flexibility index (Phi) is 5.26. The first-order valence-corrected chi connectivity index (χ1v) is 14.2. The van der Waals surface area contributed by atoms with Crippen LogP contribution in [0.15, 0.2) is 46.2 Å². The molecule has 0 amide bonds. The molecule has 1 saturated heterocycles. The van der Waals surface area contributed by atoms with E-state index >= 15 is 0 Å². The Bertz CT molecular complexity index is 728. The van der Waals surface area contributed by atoms with Crippen LogP contribution in [0.25, 0.3) is 0 Å². The second-order valence-corrected chi connectivity index (χ2v) is 15.8. The standard InChI is InChI=1S/C19H28O4SSi/c1-25(2,3)14-10-16-15-19(22-12-13-23-19)11-9-18(16)24(20,21)17-7-5-4-6-8-17/h4-9,16H,10-15H2,1-3H3/t16-/m1/s1. The van der Waals surface area contributed by atoms with Gasteiger partial charge < -0.3 is 9.47 Å². The molecule has 1 aromatic rings. The summed E-state index contributed by atoms with van der Waals surface area (Å²) in [6.45, 7) is 8.15. The summed E-state index contributed by atoms with van der Waals surface area (Å²) >= 11 is 0. The van der Waals surface area contributed by atoms with E-state index in [9.17, 15) is 8.42 Å². The summed E-state index contributed by atoms with van der Waals surface area (Å²) < 4.78 is 38.1. The van der Waals surface area contributed by atoms with Gasteiger partial charge in [0.15, 0.2) is 5.79 Å². The average molecular weight is 381 g/mol. The summed E-state index contributed by atoms with van der Waals surface area (Å²) in [5, 5.41) is 0. The number of sulfone groups is 1. The van der Waals surface area contributed by atoms with Crippen LogP contribution in [0, 0.1) is 5.92 Å². The SMILES string of the molecule is C[Si](C)(C)CC[C@@H]1CC2(CC=C1S(=O)(=O)c1ccccc1)OCCO2. The molecule has 0 unspecified atom stereocenters. The van der Waals surface area contributed by atoms with E-state index in [4.69, 9.17) is 9.47 Å². The molecule has 1 spiro atoms. The monoisotopic (exact) mass is 380 g/mol. The Morgan fingerprint density at radius 2 is 1.76 bits per heavy atom. The molecule has 0 saturated carbocycles. The van der Waals surface area contributed by atoms with Crippen LogP contribution in [0.1, 0.15) is 19.3 Å². The molecule has 138 valence electrons. The molecule has 1 aliphatic carbocycles. The fourth-order valence-electron chi connectivity index (χ4n) is 3.63. The van der Waals surface area contributed by atoms with Crippen LogP contribution in [0.4, 0.5) is 0 Å². The smallest absolute Gasteiger partial charge is 0.202 e. The number of allylic oxidation sites excluding steroid dienone is 1. The van der Waals surface area contributed by atoms with Gasteiger partial charge in [-0.15, -0.1) is 0 Å². The second-order valence-electron chi connectivity index (χ2n) is 8.24. The molecule has 1 heterocycles. The number of hydrogen-bond donors (Lipinski definition) is 0. The zero-order valence-electron chi connectivity index (χ0n) is 15.3. The molecule has 4 nitrogen and oxygen atoms in total. The molecular formula is C19H28O4SSi. The molecule has 0 radical (unpaired) electrons. The van der Waals surface area contributed by atoms with Gasteiger partial charge in [0.2, 0.25) is 9.84 Å². The lowest BCUT2D eigenvalue weighted by Crippen LogP contribution is -2.38. The third-order valence-electron chi connectivity index (χ3n) is 4.99. The third-order valence-corrected chi connectivity index (χ3v) is 8.80. The Morgan fingerprint density at radius 3 is 2.36 bits per heavy atom. The lowest BCUT2D eigenvalue weighted by Gasteiger charge is -2.36. The summed E-state index contributed by atoms with van der Waals surface area (Å²) in [4.78, 5) is 0.935.